The molecule has 25 heavy (non-hydrogen) atoms. The molecule has 0 bridgehead atoms. The van der Waals surface area contributed by atoms with Crippen molar-refractivity contribution in [2.75, 3.05) is 12.8 Å². The van der Waals surface area contributed by atoms with Crippen molar-refractivity contribution in [1.29, 1.82) is 0 Å². The summed E-state index contributed by atoms with van der Waals surface area (Å²) >= 11 is 0. The summed E-state index contributed by atoms with van der Waals surface area (Å²) in [4.78, 5) is 15.0. The monoisotopic (exact) mass is 358 g/mol. The van der Waals surface area contributed by atoms with Gasteiger partial charge in [-0.1, -0.05) is 18.2 Å². The van der Waals surface area contributed by atoms with Gasteiger partial charge in [-0.3, -0.25) is 4.79 Å². The number of aromatic nitrogens is 1. The smallest absolute Gasteiger partial charge is 0.255 e. The topological polar surface area (TPSA) is 59.4 Å². The molecule has 1 aliphatic heterocycles. The molecule has 1 unspecified atom stereocenters. The first-order valence-corrected chi connectivity index (χ1v) is 10.2. The van der Waals surface area contributed by atoms with Gasteiger partial charge in [-0.05, 0) is 44.4 Å². The first-order valence-electron chi connectivity index (χ1n) is 8.58. The van der Waals surface area contributed by atoms with Gasteiger partial charge in [0.05, 0.1) is 22.3 Å². The zero-order valence-corrected chi connectivity index (χ0v) is 15.5. The van der Waals surface area contributed by atoms with Crippen LogP contribution < -0.4 is 0 Å². The average Bonchev–Trinajstić information content (AvgIpc) is 3.31. The summed E-state index contributed by atoms with van der Waals surface area (Å²) in [7, 11) is -1.63. The van der Waals surface area contributed by atoms with E-state index in [1.54, 1.807) is 24.1 Å². The number of rotatable bonds is 3. The maximum Gasteiger partial charge on any atom is 0.255 e. The van der Waals surface area contributed by atoms with E-state index in [9.17, 15) is 13.2 Å². The van der Waals surface area contributed by atoms with E-state index in [4.69, 9.17) is 0 Å². The first-order chi connectivity index (χ1) is 11.8. The number of aryl methyl sites for hydroxylation is 1. The van der Waals surface area contributed by atoms with E-state index in [1.807, 2.05) is 32.0 Å². The van der Waals surface area contributed by atoms with Crippen molar-refractivity contribution in [3.63, 3.8) is 0 Å². The lowest BCUT2D eigenvalue weighted by atomic mass is 10.1. The van der Waals surface area contributed by atoms with E-state index >= 15 is 0 Å². The van der Waals surface area contributed by atoms with Crippen LogP contribution in [-0.2, 0) is 9.84 Å². The molecule has 1 saturated carbocycles. The van der Waals surface area contributed by atoms with Crippen molar-refractivity contribution in [3.05, 3.63) is 52.8 Å². The third-order valence-electron chi connectivity index (χ3n) is 5.40. The second kappa shape index (κ2) is 5.46. The van der Waals surface area contributed by atoms with Gasteiger partial charge in [0.1, 0.15) is 0 Å². The normalized spacial score (nSPS) is 21.2. The quantitative estimate of drug-likeness (QED) is 0.847. The molecule has 6 heteroatoms. The van der Waals surface area contributed by atoms with Crippen molar-refractivity contribution in [2.45, 2.75) is 43.7 Å². The Morgan fingerprint density at radius 3 is 2.56 bits per heavy atom. The predicted molar refractivity (Wildman–Crippen MR) is 95.5 cm³/mol. The maximum atomic E-state index is 13.1. The number of hydrogen-bond acceptors (Lipinski definition) is 3. The summed E-state index contributed by atoms with van der Waals surface area (Å²) in [6.07, 6.45) is 2.32. The molecular formula is C19H22N2O3S. The maximum absolute atomic E-state index is 13.1. The summed E-state index contributed by atoms with van der Waals surface area (Å²) in [5.41, 5.74) is 3.46. The van der Waals surface area contributed by atoms with Gasteiger partial charge in [0.15, 0.2) is 9.84 Å². The standard InChI is InChI=1S/C19H22N2O3S/c1-12-10-16(13(2)21(12)14-8-9-14)19(22)20(3)17-11-25(23,24)18-7-5-4-6-15(17)18/h4-7,10,14,17H,8-9,11H2,1-3H3. The van der Waals surface area contributed by atoms with Crippen LogP contribution in [0.25, 0.3) is 0 Å². The third kappa shape index (κ3) is 2.51. The van der Waals surface area contributed by atoms with Crippen LogP contribution in [0.15, 0.2) is 35.2 Å². The van der Waals surface area contributed by atoms with Gasteiger partial charge in [0.2, 0.25) is 0 Å². The molecule has 4 rings (SSSR count). The molecule has 1 amide bonds. The van der Waals surface area contributed by atoms with Crippen molar-refractivity contribution in [2.24, 2.45) is 0 Å². The summed E-state index contributed by atoms with van der Waals surface area (Å²) in [5, 5.41) is 0. The highest BCUT2D eigenvalue weighted by molar-refractivity contribution is 7.91. The van der Waals surface area contributed by atoms with Gasteiger partial charge < -0.3 is 9.47 Å². The molecule has 1 fully saturated rings. The number of hydrogen-bond donors (Lipinski definition) is 0. The Labute approximate surface area is 148 Å². The van der Waals surface area contributed by atoms with E-state index in [2.05, 4.69) is 4.57 Å². The number of sulfone groups is 1. The Bertz CT molecular complexity index is 971. The SMILES string of the molecule is Cc1cc(C(=O)N(C)C2CS(=O)(=O)c3ccccc32)c(C)n1C1CC1. The summed E-state index contributed by atoms with van der Waals surface area (Å²) in [5.74, 6) is -0.160. The molecule has 132 valence electrons. The molecule has 2 aliphatic rings. The Kier molecular flexibility index (Phi) is 3.58. The number of benzene rings is 1. The van der Waals surface area contributed by atoms with E-state index in [0.29, 0.717) is 22.1 Å². The molecule has 1 atom stereocenters. The predicted octanol–water partition coefficient (Wildman–Crippen LogP) is 3.04. The Morgan fingerprint density at radius 2 is 1.88 bits per heavy atom. The van der Waals surface area contributed by atoms with Crippen LogP contribution in [0.2, 0.25) is 0 Å². The summed E-state index contributed by atoms with van der Waals surface area (Å²) in [6, 6.07) is 9.00. The molecule has 0 N–H and O–H groups in total. The molecule has 1 aliphatic carbocycles. The van der Waals surface area contributed by atoms with Crippen LogP contribution >= 0.6 is 0 Å². The Hall–Kier alpha value is -2.08. The molecule has 0 saturated heterocycles. The lowest BCUT2D eigenvalue weighted by Gasteiger charge is -2.24. The highest BCUT2D eigenvalue weighted by atomic mass is 32.2. The van der Waals surface area contributed by atoms with Gasteiger partial charge in [0, 0.05) is 24.5 Å². The van der Waals surface area contributed by atoms with Crippen LogP contribution in [0.5, 0.6) is 0 Å². The minimum absolute atomic E-state index is 0.0457. The highest BCUT2D eigenvalue weighted by Crippen LogP contribution is 2.40. The van der Waals surface area contributed by atoms with Crippen LogP contribution in [0.3, 0.4) is 0 Å². The van der Waals surface area contributed by atoms with Gasteiger partial charge in [-0.25, -0.2) is 8.42 Å². The second-order valence-corrected chi connectivity index (χ2v) is 9.14. The third-order valence-corrected chi connectivity index (χ3v) is 7.20. The molecule has 2 aromatic rings. The fourth-order valence-electron chi connectivity index (χ4n) is 3.97. The van der Waals surface area contributed by atoms with Gasteiger partial charge in [0.25, 0.3) is 5.91 Å². The molecule has 1 aromatic carbocycles. The second-order valence-electron chi connectivity index (χ2n) is 7.14. The van der Waals surface area contributed by atoms with Gasteiger partial charge >= 0.3 is 0 Å². The number of amides is 1. The van der Waals surface area contributed by atoms with E-state index < -0.39 is 15.9 Å². The summed E-state index contributed by atoms with van der Waals surface area (Å²) in [6.45, 7) is 4.00. The Morgan fingerprint density at radius 1 is 1.20 bits per heavy atom. The van der Waals surface area contributed by atoms with Crippen LogP contribution in [0, 0.1) is 13.8 Å². The van der Waals surface area contributed by atoms with Crippen molar-refractivity contribution in [1.82, 2.24) is 9.47 Å². The van der Waals surface area contributed by atoms with E-state index in [-0.39, 0.29) is 11.7 Å². The van der Waals surface area contributed by atoms with Crippen LogP contribution in [0.1, 0.15) is 52.2 Å². The lowest BCUT2D eigenvalue weighted by molar-refractivity contribution is 0.0745. The van der Waals surface area contributed by atoms with Crippen molar-refractivity contribution >= 4 is 15.7 Å². The van der Waals surface area contributed by atoms with Crippen molar-refractivity contribution < 1.29 is 13.2 Å². The molecule has 1 aromatic heterocycles. The fourth-order valence-corrected chi connectivity index (χ4v) is 5.81. The molecule has 0 spiro atoms. The van der Waals surface area contributed by atoms with Crippen molar-refractivity contribution in [3.8, 4) is 0 Å². The van der Waals surface area contributed by atoms with E-state index in [1.165, 1.54) is 0 Å². The fraction of sp³-hybridized carbons (Fsp3) is 0.421. The highest BCUT2D eigenvalue weighted by Gasteiger charge is 2.39. The molecule has 2 heterocycles. The minimum Gasteiger partial charge on any atom is -0.345 e. The number of carbonyl (C=O) groups is 1. The first kappa shape index (κ1) is 16.4. The average molecular weight is 358 g/mol. The van der Waals surface area contributed by atoms with Crippen LogP contribution in [0.4, 0.5) is 0 Å². The number of carbonyl (C=O) groups excluding carboxylic acids is 1. The van der Waals surface area contributed by atoms with E-state index in [0.717, 1.165) is 24.2 Å². The largest absolute Gasteiger partial charge is 0.345 e. The Balaban J connectivity index is 1.70. The summed E-state index contributed by atoms with van der Waals surface area (Å²) < 4.78 is 27.1. The molecule has 0 radical (unpaired) electrons. The number of fused-ring (bicyclic) bond motifs is 1. The zero-order valence-electron chi connectivity index (χ0n) is 14.7. The minimum atomic E-state index is -3.33. The number of nitrogens with zero attached hydrogens (tertiary/aromatic N) is 2. The zero-order chi connectivity index (χ0) is 17.9. The molecular weight excluding hydrogens is 336 g/mol. The van der Waals surface area contributed by atoms with Crippen LogP contribution in [-0.4, -0.2) is 36.6 Å². The van der Waals surface area contributed by atoms with Gasteiger partial charge in [-0.2, -0.15) is 0 Å². The van der Waals surface area contributed by atoms with Gasteiger partial charge in [-0.15, -0.1) is 0 Å². The molecule has 5 nitrogen and oxygen atoms in total. The lowest BCUT2D eigenvalue weighted by Crippen LogP contribution is -2.32.